The predicted octanol–water partition coefficient (Wildman–Crippen LogP) is 4.80. The summed E-state index contributed by atoms with van der Waals surface area (Å²) in [5, 5.41) is 9.55. The van der Waals surface area contributed by atoms with Gasteiger partial charge in [-0.15, -0.1) is 11.3 Å². The van der Waals surface area contributed by atoms with Crippen LogP contribution in [0.1, 0.15) is 32.2 Å². The summed E-state index contributed by atoms with van der Waals surface area (Å²) in [4.78, 5) is 23.9. The van der Waals surface area contributed by atoms with Gasteiger partial charge in [0.2, 0.25) is 0 Å². The molecule has 138 valence electrons. The van der Waals surface area contributed by atoms with Crippen molar-refractivity contribution in [3.8, 4) is 10.7 Å². The standard InChI is InChI=1S/C18H12F3N3O2S/c1-10-15(17(25)26)27-16(23-10)14-9-22-8-13(24-14)7-4-11-2-5-12(6-3-11)18(19,20)21/h2-9H,1H3,(H,25,26)/b7-4+. The molecule has 27 heavy (non-hydrogen) atoms. The Labute approximate surface area is 155 Å². The number of hydrogen-bond donors (Lipinski definition) is 1. The van der Waals surface area contributed by atoms with E-state index < -0.39 is 17.7 Å². The van der Waals surface area contributed by atoms with Crippen LogP contribution in [0.3, 0.4) is 0 Å². The van der Waals surface area contributed by atoms with Gasteiger partial charge >= 0.3 is 12.1 Å². The van der Waals surface area contributed by atoms with E-state index in [9.17, 15) is 18.0 Å². The van der Waals surface area contributed by atoms with Crippen LogP contribution in [0, 0.1) is 6.92 Å². The molecular formula is C18H12F3N3O2S. The predicted molar refractivity (Wildman–Crippen MR) is 95.2 cm³/mol. The lowest BCUT2D eigenvalue weighted by Gasteiger charge is -2.05. The van der Waals surface area contributed by atoms with Crippen LogP contribution in [0.15, 0.2) is 36.7 Å². The number of halogens is 3. The fourth-order valence-electron chi connectivity index (χ4n) is 2.23. The highest BCUT2D eigenvalue weighted by atomic mass is 32.1. The molecule has 5 nitrogen and oxygen atoms in total. The maximum atomic E-state index is 12.6. The molecule has 0 saturated carbocycles. The topological polar surface area (TPSA) is 76.0 Å². The molecule has 0 bridgehead atoms. The largest absolute Gasteiger partial charge is 0.477 e. The monoisotopic (exact) mass is 391 g/mol. The number of carboxylic acids is 1. The summed E-state index contributed by atoms with van der Waals surface area (Å²) >= 11 is 1.00. The quantitative estimate of drug-likeness (QED) is 0.692. The second-order valence-corrected chi connectivity index (χ2v) is 6.52. The summed E-state index contributed by atoms with van der Waals surface area (Å²) in [6.07, 6.45) is 1.81. The van der Waals surface area contributed by atoms with Crippen molar-refractivity contribution in [3.63, 3.8) is 0 Å². The minimum absolute atomic E-state index is 0.137. The number of aromatic carboxylic acids is 1. The van der Waals surface area contributed by atoms with Gasteiger partial charge in [0.05, 0.1) is 29.3 Å². The lowest BCUT2D eigenvalue weighted by Crippen LogP contribution is -2.03. The van der Waals surface area contributed by atoms with E-state index in [0.29, 0.717) is 27.7 Å². The minimum Gasteiger partial charge on any atom is -0.477 e. The summed E-state index contributed by atoms with van der Waals surface area (Å²) in [5.41, 5.74) is 1.15. The van der Waals surface area contributed by atoms with E-state index in [2.05, 4.69) is 15.0 Å². The number of aromatic nitrogens is 3. The fraction of sp³-hybridized carbons (Fsp3) is 0.111. The molecule has 0 unspecified atom stereocenters. The van der Waals surface area contributed by atoms with Crippen LogP contribution < -0.4 is 0 Å². The first-order valence-corrected chi connectivity index (χ1v) is 8.44. The van der Waals surface area contributed by atoms with E-state index in [0.717, 1.165) is 23.5 Å². The van der Waals surface area contributed by atoms with Crippen LogP contribution in [0.25, 0.3) is 22.9 Å². The zero-order chi connectivity index (χ0) is 19.6. The molecule has 0 aliphatic rings. The number of nitrogens with zero attached hydrogens (tertiary/aromatic N) is 3. The second-order valence-electron chi connectivity index (χ2n) is 5.52. The van der Waals surface area contributed by atoms with Gasteiger partial charge in [0.15, 0.2) is 0 Å². The molecule has 2 aromatic heterocycles. The number of aryl methyl sites for hydroxylation is 1. The normalized spacial score (nSPS) is 11.9. The first-order valence-electron chi connectivity index (χ1n) is 7.62. The van der Waals surface area contributed by atoms with E-state index >= 15 is 0 Å². The maximum absolute atomic E-state index is 12.6. The number of thiazole rings is 1. The Balaban J connectivity index is 1.83. The van der Waals surface area contributed by atoms with Gasteiger partial charge in [0, 0.05) is 0 Å². The lowest BCUT2D eigenvalue weighted by molar-refractivity contribution is -0.137. The Morgan fingerprint density at radius 1 is 1.11 bits per heavy atom. The van der Waals surface area contributed by atoms with Gasteiger partial charge in [-0.2, -0.15) is 13.2 Å². The van der Waals surface area contributed by atoms with Crippen LogP contribution >= 0.6 is 11.3 Å². The summed E-state index contributed by atoms with van der Waals surface area (Å²) in [7, 11) is 0. The van der Waals surface area contributed by atoms with Gasteiger partial charge in [-0.05, 0) is 30.7 Å². The summed E-state index contributed by atoms with van der Waals surface area (Å²) in [5.74, 6) is -1.05. The molecule has 0 atom stereocenters. The van der Waals surface area contributed by atoms with E-state index in [1.807, 2.05) is 0 Å². The van der Waals surface area contributed by atoms with Crippen molar-refractivity contribution < 1.29 is 23.1 Å². The Morgan fingerprint density at radius 2 is 1.81 bits per heavy atom. The van der Waals surface area contributed by atoms with Gasteiger partial charge in [-0.1, -0.05) is 18.2 Å². The van der Waals surface area contributed by atoms with Crippen molar-refractivity contribution in [2.24, 2.45) is 0 Å². The van der Waals surface area contributed by atoms with Crippen LogP contribution in [0.2, 0.25) is 0 Å². The summed E-state index contributed by atoms with van der Waals surface area (Å²) in [6, 6.07) is 4.74. The molecule has 0 aliphatic heterocycles. The second kappa shape index (κ2) is 7.28. The number of benzene rings is 1. The van der Waals surface area contributed by atoms with Gasteiger partial charge in [0.1, 0.15) is 15.6 Å². The molecule has 3 rings (SSSR count). The maximum Gasteiger partial charge on any atom is 0.416 e. The number of carboxylic acid groups (broad SMARTS) is 1. The number of carbonyl (C=O) groups is 1. The molecule has 1 N–H and O–H groups in total. The minimum atomic E-state index is -4.37. The molecule has 2 heterocycles. The van der Waals surface area contributed by atoms with Crippen molar-refractivity contribution >= 4 is 29.5 Å². The first kappa shape index (κ1) is 18.7. The van der Waals surface area contributed by atoms with Gasteiger partial charge in [0.25, 0.3) is 0 Å². The van der Waals surface area contributed by atoms with E-state index in [-0.39, 0.29) is 4.88 Å². The smallest absolute Gasteiger partial charge is 0.416 e. The van der Waals surface area contributed by atoms with Crippen molar-refractivity contribution in [2.45, 2.75) is 13.1 Å². The van der Waals surface area contributed by atoms with Crippen LogP contribution in [-0.2, 0) is 6.18 Å². The van der Waals surface area contributed by atoms with Crippen LogP contribution in [0.5, 0.6) is 0 Å². The number of rotatable bonds is 4. The molecule has 0 aliphatic carbocycles. The molecule has 0 radical (unpaired) electrons. The summed E-state index contributed by atoms with van der Waals surface area (Å²) in [6.45, 7) is 1.60. The number of hydrogen-bond acceptors (Lipinski definition) is 5. The highest BCUT2D eigenvalue weighted by Gasteiger charge is 2.29. The molecule has 0 spiro atoms. The average Bonchev–Trinajstić information content (AvgIpc) is 3.02. The van der Waals surface area contributed by atoms with Crippen LogP contribution in [0.4, 0.5) is 13.2 Å². The molecule has 0 amide bonds. The third-order valence-electron chi connectivity index (χ3n) is 3.55. The van der Waals surface area contributed by atoms with Crippen molar-refractivity contribution in [1.82, 2.24) is 15.0 Å². The van der Waals surface area contributed by atoms with Crippen molar-refractivity contribution in [1.29, 1.82) is 0 Å². The Kier molecular flexibility index (Phi) is 5.04. The van der Waals surface area contributed by atoms with Crippen molar-refractivity contribution in [3.05, 3.63) is 64.1 Å². The highest BCUT2D eigenvalue weighted by Crippen LogP contribution is 2.29. The third kappa shape index (κ3) is 4.37. The molecule has 0 fully saturated rings. The molecule has 3 aromatic rings. The SMILES string of the molecule is Cc1nc(-c2cncc(/C=C/c3ccc(C(F)(F)F)cc3)n2)sc1C(=O)O. The van der Waals surface area contributed by atoms with Gasteiger partial charge < -0.3 is 5.11 Å². The Hall–Kier alpha value is -3.07. The lowest BCUT2D eigenvalue weighted by atomic mass is 10.1. The zero-order valence-corrected chi connectivity index (χ0v) is 14.7. The van der Waals surface area contributed by atoms with Gasteiger partial charge in [-0.25, -0.2) is 14.8 Å². The number of alkyl halides is 3. The fourth-order valence-corrected chi connectivity index (χ4v) is 3.09. The molecule has 0 saturated heterocycles. The average molecular weight is 391 g/mol. The first-order chi connectivity index (χ1) is 12.7. The van der Waals surface area contributed by atoms with E-state index in [4.69, 9.17) is 5.11 Å². The van der Waals surface area contributed by atoms with Crippen molar-refractivity contribution in [2.75, 3.05) is 0 Å². The van der Waals surface area contributed by atoms with E-state index in [1.165, 1.54) is 24.5 Å². The van der Waals surface area contributed by atoms with Gasteiger partial charge in [-0.3, -0.25) is 4.98 Å². The molecule has 1 aromatic carbocycles. The zero-order valence-electron chi connectivity index (χ0n) is 13.9. The Bertz CT molecular complexity index is 1010. The van der Waals surface area contributed by atoms with Crippen LogP contribution in [-0.4, -0.2) is 26.0 Å². The highest BCUT2D eigenvalue weighted by molar-refractivity contribution is 7.17. The molecular weight excluding hydrogens is 379 g/mol. The summed E-state index contributed by atoms with van der Waals surface area (Å²) < 4.78 is 37.7. The third-order valence-corrected chi connectivity index (χ3v) is 4.72. The molecule has 9 heteroatoms. The Morgan fingerprint density at radius 3 is 2.41 bits per heavy atom. The van der Waals surface area contributed by atoms with E-state index in [1.54, 1.807) is 19.1 Å².